The van der Waals surface area contributed by atoms with Gasteiger partial charge in [0.2, 0.25) is 0 Å². The molecule has 4 N–H and O–H groups in total. The summed E-state index contributed by atoms with van der Waals surface area (Å²) in [6.07, 6.45) is -2.52. The van der Waals surface area contributed by atoms with Gasteiger partial charge in [0.1, 0.15) is 30.0 Å². The van der Waals surface area contributed by atoms with E-state index >= 15 is 0 Å². The Labute approximate surface area is 254 Å². The minimum absolute atomic E-state index is 0.00342. The molecule has 1 atom stereocenters. The summed E-state index contributed by atoms with van der Waals surface area (Å²) in [6.45, 7) is 6.36. The van der Waals surface area contributed by atoms with Crippen LogP contribution < -0.4 is 25.0 Å². The van der Waals surface area contributed by atoms with Crippen molar-refractivity contribution in [1.29, 1.82) is 0 Å². The lowest BCUT2D eigenvalue weighted by molar-refractivity contribution is -0.655. The Morgan fingerprint density at radius 1 is 0.795 bits per heavy atom. The van der Waals surface area contributed by atoms with Gasteiger partial charge in [-0.25, -0.2) is 4.39 Å². The van der Waals surface area contributed by atoms with Crippen molar-refractivity contribution in [2.45, 2.75) is 37.6 Å². The van der Waals surface area contributed by atoms with Crippen molar-refractivity contribution in [1.82, 2.24) is 4.90 Å². The number of anilines is 1. The summed E-state index contributed by atoms with van der Waals surface area (Å²) >= 11 is 0. The molecule has 3 heterocycles. The van der Waals surface area contributed by atoms with Crippen LogP contribution in [0, 0.1) is 5.82 Å². The predicted molar refractivity (Wildman–Crippen MR) is 157 cm³/mol. The van der Waals surface area contributed by atoms with E-state index in [2.05, 4.69) is 15.5 Å². The summed E-state index contributed by atoms with van der Waals surface area (Å²) in [5, 5.41) is 4.41. The lowest BCUT2D eigenvalue weighted by atomic mass is 9.99. The molecule has 0 aliphatic carbocycles. The van der Waals surface area contributed by atoms with E-state index in [0.29, 0.717) is 54.1 Å². The van der Waals surface area contributed by atoms with Crippen molar-refractivity contribution in [3.8, 4) is 22.6 Å². The Morgan fingerprint density at radius 2 is 1.55 bits per heavy atom. The highest BCUT2D eigenvalue weighted by molar-refractivity contribution is 5.96. The second-order valence-electron chi connectivity index (χ2n) is 11.7. The molecule has 3 fully saturated rings. The number of carbonyl (C=O) groups is 1. The van der Waals surface area contributed by atoms with Gasteiger partial charge in [0, 0.05) is 61.3 Å². The third-order valence-electron chi connectivity index (χ3n) is 8.63. The number of ether oxygens (including phenoxy) is 2. The van der Waals surface area contributed by atoms with Gasteiger partial charge < -0.3 is 29.9 Å². The van der Waals surface area contributed by atoms with Gasteiger partial charge in [-0.3, -0.25) is 4.79 Å². The zero-order valence-electron chi connectivity index (χ0n) is 24.5. The fraction of sp³-hybridized carbons (Fsp3) is 0.424. The second-order valence-corrected chi connectivity index (χ2v) is 11.7. The number of amides is 1. The molecule has 3 aromatic rings. The average molecular weight is 615 g/mol. The SMILES string of the molecule is O=C(c1ccc(O[C@H]2CC[NH2+]C2)c(-c2ccc(C(F)(F)F)cc2)c1)N1CCC(Oc2cc(F)cc(N3CC[NH2+]CC3)c2)CC1. The van der Waals surface area contributed by atoms with E-state index < -0.39 is 11.7 Å². The molecule has 1 amide bonds. The number of benzene rings is 3. The number of hydrogen-bond acceptors (Lipinski definition) is 4. The Bertz CT molecular complexity index is 1450. The van der Waals surface area contributed by atoms with Crippen LogP contribution in [-0.4, -0.2) is 75.4 Å². The van der Waals surface area contributed by atoms with Crippen molar-refractivity contribution < 1.29 is 42.5 Å². The first-order valence-corrected chi connectivity index (χ1v) is 15.4. The Hall–Kier alpha value is -3.83. The van der Waals surface area contributed by atoms with Crippen LogP contribution in [0.5, 0.6) is 11.5 Å². The highest BCUT2D eigenvalue weighted by atomic mass is 19.4. The lowest BCUT2D eigenvalue weighted by Crippen LogP contribution is -2.89. The van der Waals surface area contributed by atoms with Gasteiger partial charge in [-0.1, -0.05) is 12.1 Å². The van der Waals surface area contributed by atoms with Gasteiger partial charge in [-0.15, -0.1) is 0 Å². The second kappa shape index (κ2) is 13.0. The minimum atomic E-state index is -4.44. The quantitative estimate of drug-likeness (QED) is 0.401. The number of alkyl halides is 3. The molecule has 234 valence electrons. The minimum Gasteiger partial charge on any atom is -0.490 e. The largest absolute Gasteiger partial charge is 0.490 e. The van der Waals surface area contributed by atoms with E-state index in [4.69, 9.17) is 9.47 Å². The number of nitrogens with zero attached hydrogens (tertiary/aromatic N) is 2. The topological polar surface area (TPSA) is 75.2 Å². The molecule has 0 saturated carbocycles. The molecule has 3 aromatic carbocycles. The maximum Gasteiger partial charge on any atom is 0.416 e. The van der Waals surface area contributed by atoms with Crippen LogP contribution in [0.25, 0.3) is 11.1 Å². The van der Waals surface area contributed by atoms with Gasteiger partial charge in [-0.05, 0) is 42.0 Å². The first-order chi connectivity index (χ1) is 21.2. The number of nitrogens with two attached hydrogens (primary N) is 2. The van der Waals surface area contributed by atoms with Crippen molar-refractivity contribution >= 4 is 11.6 Å². The van der Waals surface area contributed by atoms with Gasteiger partial charge in [-0.2, -0.15) is 13.2 Å². The maximum absolute atomic E-state index is 14.4. The Balaban J connectivity index is 1.14. The molecule has 0 aromatic heterocycles. The number of piperidine rings is 1. The van der Waals surface area contributed by atoms with Crippen LogP contribution in [0.2, 0.25) is 0 Å². The normalized spacial score (nSPS) is 19.7. The third kappa shape index (κ3) is 7.10. The van der Waals surface area contributed by atoms with Crippen LogP contribution in [0.3, 0.4) is 0 Å². The van der Waals surface area contributed by atoms with E-state index in [1.807, 2.05) is 6.07 Å². The smallest absolute Gasteiger partial charge is 0.416 e. The van der Waals surface area contributed by atoms with Gasteiger partial charge in [0.15, 0.2) is 6.10 Å². The van der Waals surface area contributed by atoms with Crippen molar-refractivity contribution in [2.75, 3.05) is 57.3 Å². The van der Waals surface area contributed by atoms with E-state index in [9.17, 15) is 22.4 Å². The third-order valence-corrected chi connectivity index (χ3v) is 8.63. The summed E-state index contributed by atoms with van der Waals surface area (Å²) in [5.41, 5.74) is 1.67. The number of halogens is 4. The molecular weight excluding hydrogens is 576 g/mol. The highest BCUT2D eigenvalue weighted by Gasteiger charge is 2.31. The molecule has 0 spiro atoms. The summed E-state index contributed by atoms with van der Waals surface area (Å²) in [4.78, 5) is 17.5. The Morgan fingerprint density at radius 3 is 2.23 bits per heavy atom. The fourth-order valence-electron chi connectivity index (χ4n) is 6.20. The van der Waals surface area contributed by atoms with E-state index in [1.165, 1.54) is 18.2 Å². The first kappa shape index (κ1) is 30.2. The summed E-state index contributed by atoms with van der Waals surface area (Å²) in [6, 6.07) is 15.0. The zero-order valence-corrected chi connectivity index (χ0v) is 24.5. The molecule has 0 unspecified atom stereocenters. The molecule has 3 saturated heterocycles. The van der Waals surface area contributed by atoms with Crippen LogP contribution in [0.15, 0.2) is 60.7 Å². The van der Waals surface area contributed by atoms with E-state index in [-0.39, 0.29) is 23.9 Å². The molecule has 0 radical (unpaired) electrons. The fourth-order valence-corrected chi connectivity index (χ4v) is 6.20. The van der Waals surface area contributed by atoms with Crippen LogP contribution in [0.1, 0.15) is 35.2 Å². The van der Waals surface area contributed by atoms with Crippen LogP contribution in [0.4, 0.5) is 23.2 Å². The standard InChI is InChI=1S/C33H36F4N4O3/c34-25-18-26(40-15-11-38-12-16-40)20-29(19-25)43-27-8-13-41(14-9-27)32(42)23-3-6-31(44-28-7-10-39-21-28)30(17-23)22-1-4-24(5-2-22)33(35,36)37/h1-6,17-20,27-28,38-39H,7-16,21H2/p+2/t28-/m0/s1. The monoisotopic (exact) mass is 614 g/mol. The van der Waals surface area contributed by atoms with Crippen LogP contribution >= 0.6 is 0 Å². The highest BCUT2D eigenvalue weighted by Crippen LogP contribution is 2.36. The number of likely N-dealkylation sites (tertiary alicyclic amines) is 1. The first-order valence-electron chi connectivity index (χ1n) is 15.4. The van der Waals surface area contributed by atoms with Gasteiger partial charge in [0.05, 0.1) is 38.3 Å². The predicted octanol–water partition coefficient (Wildman–Crippen LogP) is 3.29. The molecule has 44 heavy (non-hydrogen) atoms. The van der Waals surface area contributed by atoms with Gasteiger partial charge >= 0.3 is 6.18 Å². The molecule has 3 aliphatic heterocycles. The number of piperazine rings is 1. The zero-order chi connectivity index (χ0) is 30.7. The number of carbonyl (C=O) groups excluding carboxylic acids is 1. The van der Waals surface area contributed by atoms with Crippen molar-refractivity contribution in [3.63, 3.8) is 0 Å². The summed E-state index contributed by atoms with van der Waals surface area (Å²) in [5.74, 6) is 0.552. The van der Waals surface area contributed by atoms with E-state index in [0.717, 1.165) is 63.5 Å². The van der Waals surface area contributed by atoms with Crippen molar-refractivity contribution in [2.24, 2.45) is 0 Å². The average Bonchev–Trinajstić information content (AvgIpc) is 3.54. The molecule has 6 rings (SSSR count). The van der Waals surface area contributed by atoms with Gasteiger partial charge in [0.25, 0.3) is 5.91 Å². The molecule has 0 bridgehead atoms. The van der Waals surface area contributed by atoms with Crippen molar-refractivity contribution in [3.05, 3.63) is 77.6 Å². The molecule has 7 nitrogen and oxygen atoms in total. The summed E-state index contributed by atoms with van der Waals surface area (Å²) in [7, 11) is 0. The molecule has 3 aliphatic rings. The maximum atomic E-state index is 14.4. The Kier molecular flexibility index (Phi) is 8.95. The number of hydrogen-bond donors (Lipinski definition) is 2. The number of quaternary nitrogens is 2. The summed E-state index contributed by atoms with van der Waals surface area (Å²) < 4.78 is 66.5. The molecule has 11 heteroatoms. The van der Waals surface area contributed by atoms with E-state index in [1.54, 1.807) is 29.2 Å². The van der Waals surface area contributed by atoms with Crippen LogP contribution in [-0.2, 0) is 6.18 Å². The lowest BCUT2D eigenvalue weighted by Gasteiger charge is -2.33. The number of rotatable bonds is 7. The molecular formula is C33H38F4N4O3+2.